The Morgan fingerprint density at radius 1 is 1.00 bits per heavy atom. The van der Waals surface area contributed by atoms with Crippen LogP contribution in [0.2, 0.25) is 10.2 Å². The van der Waals surface area contributed by atoms with Crippen molar-refractivity contribution in [3.05, 3.63) is 101 Å². The van der Waals surface area contributed by atoms with Crippen molar-refractivity contribution in [1.82, 2.24) is 19.5 Å². The third-order valence-corrected chi connectivity index (χ3v) is 13.5. The molecule has 0 unspecified atom stereocenters. The standard InChI is InChI=1S/C35H40ClN5O3Si/c1-23-20-37-29(24(2)31(23)43-7)22-41-21-26(30-32(36)39-34(38-25(3)42)40-33(30)41)18-19-44-45(35(4,5)6,27-14-10-8-11-15-27)28-16-12-9-13-17-28/h8-17,20-21H,18-19,22H2,1-7H3,(H,38,39,40,42). The molecule has 5 rings (SSSR count). The molecule has 234 valence electrons. The second-order valence-corrected chi connectivity index (χ2v) is 17.0. The summed E-state index contributed by atoms with van der Waals surface area (Å²) >= 11 is 6.82. The fourth-order valence-corrected chi connectivity index (χ4v) is 11.1. The average molecular weight is 642 g/mol. The van der Waals surface area contributed by atoms with E-state index < -0.39 is 8.32 Å². The SMILES string of the molecule is COc1c(C)cnc(Cn2cc(CCO[Si](c3ccccc3)(c3ccccc3)C(C)(C)C)c3c(Cl)nc(NC(C)=O)nc32)c1C. The highest BCUT2D eigenvalue weighted by atomic mass is 35.5. The number of carbonyl (C=O) groups is 1. The van der Waals surface area contributed by atoms with Crippen LogP contribution in [0.5, 0.6) is 5.75 Å². The molecule has 0 aliphatic heterocycles. The lowest BCUT2D eigenvalue weighted by Crippen LogP contribution is -2.66. The summed E-state index contributed by atoms with van der Waals surface area (Å²) in [7, 11) is -1.06. The van der Waals surface area contributed by atoms with Crippen molar-refractivity contribution in [2.45, 2.75) is 59.5 Å². The van der Waals surface area contributed by atoms with Crippen LogP contribution in [0.1, 0.15) is 50.1 Å². The number of ether oxygens (including phenoxy) is 1. The quantitative estimate of drug-likeness (QED) is 0.144. The van der Waals surface area contributed by atoms with Crippen LogP contribution in [0.25, 0.3) is 11.0 Å². The van der Waals surface area contributed by atoms with Crippen LogP contribution in [0.3, 0.4) is 0 Å². The van der Waals surface area contributed by atoms with E-state index in [4.69, 9.17) is 30.7 Å². The van der Waals surface area contributed by atoms with E-state index in [0.717, 1.165) is 33.5 Å². The molecular formula is C35H40ClN5O3Si. The Labute approximate surface area is 270 Å². The van der Waals surface area contributed by atoms with E-state index in [-0.39, 0.29) is 22.0 Å². The number of hydrogen-bond acceptors (Lipinski definition) is 6. The van der Waals surface area contributed by atoms with Crippen molar-refractivity contribution in [2.24, 2.45) is 0 Å². The zero-order chi connectivity index (χ0) is 32.4. The number of aromatic nitrogens is 4. The maximum atomic E-state index is 11.9. The van der Waals surface area contributed by atoms with Crippen LogP contribution in [-0.4, -0.2) is 47.5 Å². The van der Waals surface area contributed by atoms with Gasteiger partial charge in [0.1, 0.15) is 16.5 Å². The van der Waals surface area contributed by atoms with Crippen molar-refractivity contribution >= 4 is 53.2 Å². The maximum Gasteiger partial charge on any atom is 0.261 e. The van der Waals surface area contributed by atoms with Gasteiger partial charge >= 0.3 is 0 Å². The predicted octanol–water partition coefficient (Wildman–Crippen LogP) is 6.23. The number of pyridine rings is 1. The first kappa shape index (κ1) is 32.3. The number of carbonyl (C=O) groups excluding carboxylic acids is 1. The molecule has 45 heavy (non-hydrogen) atoms. The maximum absolute atomic E-state index is 11.9. The molecule has 3 aromatic heterocycles. The molecule has 0 saturated carbocycles. The highest BCUT2D eigenvalue weighted by Gasteiger charge is 2.50. The molecule has 0 aliphatic carbocycles. The van der Waals surface area contributed by atoms with E-state index in [1.165, 1.54) is 17.3 Å². The smallest absolute Gasteiger partial charge is 0.261 e. The first-order valence-corrected chi connectivity index (χ1v) is 17.3. The van der Waals surface area contributed by atoms with Gasteiger partial charge in [-0.25, -0.2) is 0 Å². The number of anilines is 1. The molecule has 0 bridgehead atoms. The number of nitrogens with zero attached hydrogens (tertiary/aromatic N) is 4. The topological polar surface area (TPSA) is 91.2 Å². The highest BCUT2D eigenvalue weighted by Crippen LogP contribution is 2.37. The number of nitrogens with one attached hydrogen (secondary N) is 1. The third kappa shape index (κ3) is 6.38. The summed E-state index contributed by atoms with van der Waals surface area (Å²) in [5.41, 5.74) is 4.34. The van der Waals surface area contributed by atoms with Crippen molar-refractivity contribution in [2.75, 3.05) is 19.0 Å². The van der Waals surface area contributed by atoms with Crippen molar-refractivity contribution in [1.29, 1.82) is 0 Å². The second-order valence-electron chi connectivity index (χ2n) is 12.3. The molecule has 0 atom stereocenters. The third-order valence-electron chi connectivity index (χ3n) is 8.22. The zero-order valence-electron chi connectivity index (χ0n) is 26.9. The van der Waals surface area contributed by atoms with Gasteiger partial charge in [0.05, 0.1) is 24.7 Å². The zero-order valence-corrected chi connectivity index (χ0v) is 28.7. The van der Waals surface area contributed by atoms with Gasteiger partial charge in [-0.05, 0) is 41.2 Å². The van der Waals surface area contributed by atoms with Gasteiger partial charge in [0.2, 0.25) is 11.9 Å². The molecule has 1 amide bonds. The van der Waals surface area contributed by atoms with E-state index in [1.807, 2.05) is 42.9 Å². The number of amides is 1. The van der Waals surface area contributed by atoms with Crippen molar-refractivity contribution in [3.8, 4) is 5.75 Å². The van der Waals surface area contributed by atoms with E-state index in [0.29, 0.717) is 25.2 Å². The predicted molar refractivity (Wildman–Crippen MR) is 183 cm³/mol. The number of benzene rings is 2. The Hall–Kier alpha value is -4.05. The van der Waals surface area contributed by atoms with E-state index in [1.54, 1.807) is 7.11 Å². The van der Waals surface area contributed by atoms with Crippen LogP contribution < -0.4 is 20.4 Å². The number of methoxy groups -OCH3 is 1. The van der Waals surface area contributed by atoms with E-state index in [9.17, 15) is 4.79 Å². The molecule has 2 aromatic carbocycles. The lowest BCUT2D eigenvalue weighted by atomic mass is 10.1. The van der Waals surface area contributed by atoms with Crippen LogP contribution in [0.4, 0.5) is 5.95 Å². The van der Waals surface area contributed by atoms with Crippen LogP contribution in [0.15, 0.2) is 73.1 Å². The summed E-state index contributed by atoms with van der Waals surface area (Å²) in [4.78, 5) is 25.7. The summed E-state index contributed by atoms with van der Waals surface area (Å²) < 4.78 is 14.9. The lowest BCUT2D eigenvalue weighted by molar-refractivity contribution is -0.114. The summed E-state index contributed by atoms with van der Waals surface area (Å²) in [6, 6.07) is 21.2. The first-order valence-electron chi connectivity index (χ1n) is 15.0. The Bertz CT molecular complexity index is 1780. The molecule has 0 saturated heterocycles. The van der Waals surface area contributed by atoms with Crippen molar-refractivity contribution in [3.63, 3.8) is 0 Å². The molecule has 3 heterocycles. The van der Waals surface area contributed by atoms with Crippen LogP contribution in [-0.2, 0) is 22.2 Å². The number of fused-ring (bicyclic) bond motifs is 1. The molecule has 0 radical (unpaired) electrons. The number of rotatable bonds is 10. The van der Waals surface area contributed by atoms with Gasteiger partial charge in [-0.1, -0.05) is 93.0 Å². The van der Waals surface area contributed by atoms with Gasteiger partial charge in [0, 0.05) is 37.1 Å². The monoisotopic (exact) mass is 641 g/mol. The van der Waals surface area contributed by atoms with Crippen molar-refractivity contribution < 1.29 is 14.0 Å². The fourth-order valence-electron chi connectivity index (χ4n) is 6.21. The van der Waals surface area contributed by atoms with Crippen LogP contribution >= 0.6 is 11.6 Å². The first-order chi connectivity index (χ1) is 21.5. The van der Waals surface area contributed by atoms with Gasteiger partial charge in [-0.3, -0.25) is 15.1 Å². The molecule has 0 spiro atoms. The van der Waals surface area contributed by atoms with Gasteiger partial charge < -0.3 is 13.7 Å². The molecule has 0 aliphatic rings. The molecular weight excluding hydrogens is 602 g/mol. The number of hydrogen-bond donors (Lipinski definition) is 1. The molecule has 10 heteroatoms. The van der Waals surface area contributed by atoms with E-state index in [2.05, 4.69) is 79.6 Å². The highest BCUT2D eigenvalue weighted by molar-refractivity contribution is 6.99. The summed E-state index contributed by atoms with van der Waals surface area (Å²) in [6.07, 6.45) is 4.45. The minimum Gasteiger partial charge on any atom is -0.496 e. The molecule has 0 fully saturated rings. The lowest BCUT2D eigenvalue weighted by Gasteiger charge is -2.43. The Morgan fingerprint density at radius 3 is 2.18 bits per heavy atom. The van der Waals surface area contributed by atoms with Crippen LogP contribution in [0, 0.1) is 13.8 Å². The molecule has 5 aromatic rings. The van der Waals surface area contributed by atoms with Gasteiger partial charge in [-0.2, -0.15) is 9.97 Å². The minimum absolute atomic E-state index is 0.147. The Balaban J connectivity index is 1.57. The normalized spacial score (nSPS) is 12.0. The number of aryl methyl sites for hydroxylation is 1. The molecule has 1 N–H and O–H groups in total. The Kier molecular flexibility index (Phi) is 9.43. The average Bonchev–Trinajstić information content (AvgIpc) is 3.34. The Morgan fingerprint density at radius 2 is 1.62 bits per heavy atom. The number of halogens is 1. The summed E-state index contributed by atoms with van der Waals surface area (Å²) in [5, 5.41) is 5.98. The minimum atomic E-state index is -2.73. The van der Waals surface area contributed by atoms with Gasteiger partial charge in [-0.15, -0.1) is 0 Å². The summed E-state index contributed by atoms with van der Waals surface area (Å²) in [6.45, 7) is 13.1. The largest absolute Gasteiger partial charge is 0.496 e. The summed E-state index contributed by atoms with van der Waals surface area (Å²) in [5.74, 6) is 0.686. The fraction of sp³-hybridized carbons (Fsp3) is 0.314. The van der Waals surface area contributed by atoms with Gasteiger partial charge in [0.15, 0.2) is 0 Å². The van der Waals surface area contributed by atoms with E-state index >= 15 is 0 Å². The van der Waals surface area contributed by atoms with Gasteiger partial charge in [0.25, 0.3) is 8.32 Å². The molecule has 8 nitrogen and oxygen atoms in total. The second kappa shape index (κ2) is 13.1.